The van der Waals surface area contributed by atoms with E-state index in [1.807, 2.05) is 20.8 Å². The van der Waals surface area contributed by atoms with Crippen molar-refractivity contribution in [2.45, 2.75) is 83.8 Å². The molecule has 0 unspecified atom stereocenters. The van der Waals surface area contributed by atoms with E-state index in [2.05, 4.69) is 13.5 Å². The van der Waals surface area contributed by atoms with Crippen molar-refractivity contribution in [3.63, 3.8) is 0 Å². The van der Waals surface area contributed by atoms with Crippen LogP contribution in [0.5, 0.6) is 0 Å². The molecule has 6 atom stereocenters. The molecule has 2 saturated carbocycles. The van der Waals surface area contributed by atoms with Gasteiger partial charge in [-0.25, -0.2) is 0 Å². The number of carbonyl (C=O) groups is 2. The van der Waals surface area contributed by atoms with E-state index in [0.29, 0.717) is 38.5 Å². The van der Waals surface area contributed by atoms with Crippen LogP contribution in [-0.2, 0) is 14.3 Å². The van der Waals surface area contributed by atoms with Gasteiger partial charge in [0.05, 0.1) is 17.4 Å². The van der Waals surface area contributed by atoms with E-state index >= 15 is 0 Å². The number of carboxylic acids is 1. The van der Waals surface area contributed by atoms with Crippen LogP contribution in [0.3, 0.4) is 0 Å². The molecule has 3 rings (SSSR count). The lowest BCUT2D eigenvalue weighted by atomic mass is 9.54. The molecule has 1 heterocycles. The highest BCUT2D eigenvalue weighted by molar-refractivity contribution is 5.80. The first-order chi connectivity index (χ1) is 12.0. The van der Waals surface area contributed by atoms with Crippen LogP contribution in [0.15, 0.2) is 12.2 Å². The van der Waals surface area contributed by atoms with E-state index in [1.165, 1.54) is 0 Å². The number of carbonyl (C=O) groups excluding carboxylic acids is 1. The molecule has 2 bridgehead atoms. The lowest BCUT2D eigenvalue weighted by molar-refractivity contribution is -0.173. The molecule has 3 aliphatic rings. The average molecular weight is 364 g/mol. The first-order valence-corrected chi connectivity index (χ1v) is 9.85. The van der Waals surface area contributed by atoms with Gasteiger partial charge in [0.1, 0.15) is 5.60 Å². The van der Waals surface area contributed by atoms with Gasteiger partial charge in [-0.2, -0.15) is 0 Å². The van der Waals surface area contributed by atoms with Gasteiger partial charge in [-0.05, 0) is 56.4 Å². The average Bonchev–Trinajstić information content (AvgIpc) is 2.88. The Kier molecular flexibility index (Phi) is 4.34. The Morgan fingerprint density at radius 2 is 2.00 bits per heavy atom. The third kappa shape index (κ3) is 2.32. The molecule has 0 radical (unpaired) electrons. The molecule has 1 aliphatic heterocycles. The molecule has 5 heteroatoms. The van der Waals surface area contributed by atoms with Crippen LogP contribution in [0.25, 0.3) is 0 Å². The zero-order valence-electron chi connectivity index (χ0n) is 16.4. The molecule has 0 aromatic carbocycles. The Labute approximate surface area is 155 Å². The van der Waals surface area contributed by atoms with Gasteiger partial charge in [-0.3, -0.25) is 9.59 Å². The van der Waals surface area contributed by atoms with Crippen molar-refractivity contribution in [1.82, 2.24) is 0 Å². The quantitative estimate of drug-likeness (QED) is 0.574. The van der Waals surface area contributed by atoms with Gasteiger partial charge >= 0.3 is 11.9 Å². The highest BCUT2D eigenvalue weighted by atomic mass is 16.6. The Morgan fingerprint density at radius 3 is 2.50 bits per heavy atom. The number of hydrogen-bond donors (Lipinski definition) is 2. The fourth-order valence-electron chi connectivity index (χ4n) is 6.41. The van der Waals surface area contributed by atoms with Gasteiger partial charge in [0.15, 0.2) is 0 Å². The van der Waals surface area contributed by atoms with Crippen LogP contribution in [0.2, 0.25) is 0 Å². The molecule has 0 aromatic rings. The van der Waals surface area contributed by atoms with Crippen LogP contribution >= 0.6 is 0 Å². The molecular weight excluding hydrogens is 332 g/mol. The van der Waals surface area contributed by atoms with Crippen LogP contribution in [0.1, 0.15) is 72.6 Å². The summed E-state index contributed by atoms with van der Waals surface area (Å²) in [6, 6.07) is 0. The van der Waals surface area contributed by atoms with Gasteiger partial charge in [-0.1, -0.05) is 27.4 Å². The van der Waals surface area contributed by atoms with Gasteiger partial charge in [-0.15, -0.1) is 0 Å². The summed E-state index contributed by atoms with van der Waals surface area (Å²) in [6.45, 7) is 12.1. The number of rotatable bonds is 5. The maximum absolute atomic E-state index is 12.8. The fraction of sp³-hybridized carbons (Fsp3) is 0.810. The Balaban J connectivity index is 2.10. The van der Waals surface area contributed by atoms with Crippen molar-refractivity contribution in [2.75, 3.05) is 0 Å². The number of aliphatic hydroxyl groups is 1. The van der Waals surface area contributed by atoms with Crippen LogP contribution in [-0.4, -0.2) is 33.4 Å². The topological polar surface area (TPSA) is 83.8 Å². The largest absolute Gasteiger partial charge is 0.481 e. The van der Waals surface area contributed by atoms with E-state index in [9.17, 15) is 19.8 Å². The van der Waals surface area contributed by atoms with E-state index in [1.54, 1.807) is 0 Å². The van der Waals surface area contributed by atoms with E-state index in [-0.39, 0.29) is 24.2 Å². The third-order valence-electron chi connectivity index (χ3n) is 8.27. The third-order valence-corrected chi connectivity index (χ3v) is 8.27. The number of aliphatic carboxylic acids is 1. The summed E-state index contributed by atoms with van der Waals surface area (Å²) in [4.78, 5) is 24.5. The van der Waals surface area contributed by atoms with Gasteiger partial charge < -0.3 is 14.9 Å². The Bertz CT molecular complexity index is 657. The first kappa shape index (κ1) is 19.4. The first-order valence-electron chi connectivity index (χ1n) is 9.85. The predicted octanol–water partition coefficient (Wildman–Crippen LogP) is 3.70. The van der Waals surface area contributed by atoms with Crippen molar-refractivity contribution in [2.24, 2.45) is 22.7 Å². The van der Waals surface area contributed by atoms with Crippen molar-refractivity contribution in [3.8, 4) is 0 Å². The summed E-state index contributed by atoms with van der Waals surface area (Å²) in [7, 11) is 0. The van der Waals surface area contributed by atoms with Crippen LogP contribution < -0.4 is 0 Å². The number of cyclic esters (lactones) is 1. The van der Waals surface area contributed by atoms with E-state index in [4.69, 9.17) is 4.74 Å². The van der Waals surface area contributed by atoms with Gasteiger partial charge in [0.25, 0.3) is 0 Å². The lowest BCUT2D eigenvalue weighted by Gasteiger charge is -2.52. The molecule has 3 fully saturated rings. The molecule has 0 amide bonds. The summed E-state index contributed by atoms with van der Waals surface area (Å²) in [5.41, 5.74) is -2.06. The second-order valence-electron chi connectivity index (χ2n) is 9.20. The maximum atomic E-state index is 12.8. The summed E-state index contributed by atoms with van der Waals surface area (Å²) in [5, 5.41) is 20.6. The minimum atomic E-state index is -0.971. The second kappa shape index (κ2) is 5.82. The van der Waals surface area contributed by atoms with Crippen molar-refractivity contribution >= 4 is 11.9 Å². The molecule has 26 heavy (non-hydrogen) atoms. The molecule has 2 N–H and O–H groups in total. The van der Waals surface area contributed by atoms with Crippen molar-refractivity contribution in [1.29, 1.82) is 0 Å². The minimum absolute atomic E-state index is 0.00627. The Hall–Kier alpha value is -1.36. The molecule has 2 aliphatic carbocycles. The summed E-state index contributed by atoms with van der Waals surface area (Å²) in [5.74, 6) is -1.12. The molecule has 146 valence electrons. The second-order valence-corrected chi connectivity index (χ2v) is 9.20. The zero-order chi connectivity index (χ0) is 19.5. The standard InChI is InChI=1S/C21H32O5/c1-6-18(5)14(4)21(7-2,26-17(18)24)15-8-9-20(25)12-19(15,10-13(20)3)11-16(22)23/h14-15,25H,3,6-12H2,1-2,4-5H3,(H,22,23)/t14-,15-,18-,19+,20+,21+/m1/s1. The monoisotopic (exact) mass is 364 g/mol. The normalized spacial score (nSPS) is 47.9. The highest BCUT2D eigenvalue weighted by Crippen LogP contribution is 2.67. The molecule has 0 spiro atoms. The van der Waals surface area contributed by atoms with Crippen molar-refractivity contribution < 1.29 is 24.5 Å². The minimum Gasteiger partial charge on any atom is -0.481 e. The fourth-order valence-corrected chi connectivity index (χ4v) is 6.41. The number of fused-ring (bicyclic) bond motifs is 2. The smallest absolute Gasteiger partial charge is 0.312 e. The molecule has 0 aromatic heterocycles. The Morgan fingerprint density at radius 1 is 1.35 bits per heavy atom. The number of carboxylic acid groups (broad SMARTS) is 1. The lowest BCUT2D eigenvalue weighted by Crippen LogP contribution is -2.54. The number of hydrogen-bond acceptors (Lipinski definition) is 4. The van der Waals surface area contributed by atoms with Crippen LogP contribution in [0.4, 0.5) is 0 Å². The molecule has 5 nitrogen and oxygen atoms in total. The summed E-state index contributed by atoms with van der Waals surface area (Å²) >= 11 is 0. The van der Waals surface area contributed by atoms with E-state index < -0.39 is 28.0 Å². The summed E-state index contributed by atoms with van der Waals surface area (Å²) < 4.78 is 6.14. The number of ether oxygens (including phenoxy) is 1. The molecule has 1 saturated heterocycles. The SMILES string of the molecule is C=C1C[C@]2(CC(=O)O)C[C@@]1(O)CC[C@H]2[C@@]1(CC)OC(=O)[C@](C)(CC)[C@H]1C. The van der Waals surface area contributed by atoms with Gasteiger partial charge in [0.2, 0.25) is 0 Å². The van der Waals surface area contributed by atoms with Gasteiger partial charge in [0, 0.05) is 11.8 Å². The highest BCUT2D eigenvalue weighted by Gasteiger charge is 2.69. The maximum Gasteiger partial charge on any atom is 0.312 e. The van der Waals surface area contributed by atoms with E-state index in [0.717, 1.165) is 5.57 Å². The zero-order valence-corrected chi connectivity index (χ0v) is 16.4. The summed E-state index contributed by atoms with van der Waals surface area (Å²) in [6.07, 6.45) is 3.46. The van der Waals surface area contributed by atoms with Crippen molar-refractivity contribution in [3.05, 3.63) is 12.2 Å². The number of esters is 1. The predicted molar refractivity (Wildman–Crippen MR) is 97.4 cm³/mol. The molecular formula is C21H32O5. The van der Waals surface area contributed by atoms with Crippen LogP contribution in [0, 0.1) is 22.7 Å².